The van der Waals surface area contributed by atoms with Gasteiger partial charge in [0, 0.05) is 20.2 Å². The maximum absolute atomic E-state index is 5.82. The maximum atomic E-state index is 5.82. The van der Waals surface area contributed by atoms with Crippen LogP contribution in [0.2, 0.25) is 0 Å². The van der Waals surface area contributed by atoms with Gasteiger partial charge in [0.05, 0.1) is 24.5 Å². The minimum atomic E-state index is 0.0992. The first-order valence-electron chi connectivity index (χ1n) is 6.30. The van der Waals surface area contributed by atoms with Crippen LogP contribution in [-0.2, 0) is 9.47 Å². The molecule has 0 aliphatic carbocycles. The van der Waals surface area contributed by atoms with E-state index < -0.39 is 0 Å². The Kier molecular flexibility index (Phi) is 4.14. The number of anilines is 1. The van der Waals surface area contributed by atoms with Gasteiger partial charge >= 0.3 is 0 Å². The second kappa shape index (κ2) is 5.63. The summed E-state index contributed by atoms with van der Waals surface area (Å²) in [6, 6.07) is 2.09. The predicted molar refractivity (Wildman–Crippen MR) is 69.9 cm³/mol. The van der Waals surface area contributed by atoms with E-state index in [4.69, 9.17) is 9.47 Å². The Labute approximate surface area is 108 Å². The van der Waals surface area contributed by atoms with Crippen molar-refractivity contribution in [2.45, 2.75) is 33.0 Å². The Hall–Kier alpha value is -1.20. The van der Waals surface area contributed by atoms with E-state index >= 15 is 0 Å². The number of aryl methyl sites for hydroxylation is 2. The Bertz CT molecular complexity index is 411. The minimum absolute atomic E-state index is 0.0992. The lowest BCUT2D eigenvalue weighted by Crippen LogP contribution is -2.48. The highest BCUT2D eigenvalue weighted by atomic mass is 16.5. The van der Waals surface area contributed by atoms with Crippen LogP contribution in [0, 0.1) is 13.8 Å². The molecule has 0 saturated carbocycles. The van der Waals surface area contributed by atoms with Gasteiger partial charge in [0.15, 0.2) is 5.82 Å². The summed E-state index contributed by atoms with van der Waals surface area (Å²) in [6.07, 6.45) is 0.282. The Balaban J connectivity index is 2.13. The van der Waals surface area contributed by atoms with Crippen LogP contribution in [0.3, 0.4) is 0 Å². The van der Waals surface area contributed by atoms with E-state index in [1.165, 1.54) is 5.56 Å². The van der Waals surface area contributed by atoms with Gasteiger partial charge in [-0.3, -0.25) is 0 Å². The van der Waals surface area contributed by atoms with Crippen LogP contribution in [0.4, 0.5) is 5.82 Å². The highest BCUT2D eigenvalue weighted by Gasteiger charge is 2.26. The zero-order valence-corrected chi connectivity index (χ0v) is 11.5. The van der Waals surface area contributed by atoms with Gasteiger partial charge in [0.1, 0.15) is 0 Å². The summed E-state index contributed by atoms with van der Waals surface area (Å²) in [7, 11) is 1.70. The highest BCUT2D eigenvalue weighted by molar-refractivity contribution is 5.41. The fourth-order valence-electron chi connectivity index (χ4n) is 2.20. The second-order valence-corrected chi connectivity index (χ2v) is 4.90. The van der Waals surface area contributed by atoms with Gasteiger partial charge in [-0.2, -0.15) is 5.10 Å². The second-order valence-electron chi connectivity index (χ2n) is 4.90. The van der Waals surface area contributed by atoms with E-state index in [1.54, 1.807) is 7.11 Å². The number of rotatable bonds is 3. The van der Waals surface area contributed by atoms with Crippen LogP contribution in [0.1, 0.15) is 18.2 Å². The lowest BCUT2D eigenvalue weighted by molar-refractivity contribution is -0.0513. The number of ether oxygens (including phenoxy) is 2. The molecular formula is C13H21N3O2. The molecule has 1 aromatic heterocycles. The highest BCUT2D eigenvalue weighted by Crippen LogP contribution is 2.19. The van der Waals surface area contributed by atoms with Crippen LogP contribution in [0.5, 0.6) is 0 Å². The molecule has 1 aliphatic heterocycles. The summed E-state index contributed by atoms with van der Waals surface area (Å²) >= 11 is 0. The topological polar surface area (TPSA) is 47.5 Å². The SMILES string of the molecule is COCC1CN(c2cc(C)c(C)nn2)CC(C)O1. The Morgan fingerprint density at radius 3 is 2.83 bits per heavy atom. The third-order valence-electron chi connectivity index (χ3n) is 3.22. The molecule has 0 aromatic carbocycles. The molecule has 0 amide bonds. The number of hydrogen-bond donors (Lipinski definition) is 0. The maximum Gasteiger partial charge on any atom is 0.151 e. The van der Waals surface area contributed by atoms with Gasteiger partial charge in [-0.1, -0.05) is 0 Å². The van der Waals surface area contributed by atoms with Crippen molar-refractivity contribution in [2.75, 3.05) is 31.7 Å². The molecule has 0 spiro atoms. The van der Waals surface area contributed by atoms with Crippen LogP contribution in [0.15, 0.2) is 6.07 Å². The zero-order valence-electron chi connectivity index (χ0n) is 11.5. The van der Waals surface area contributed by atoms with Crippen molar-refractivity contribution in [3.63, 3.8) is 0 Å². The van der Waals surface area contributed by atoms with Crippen molar-refractivity contribution < 1.29 is 9.47 Å². The van der Waals surface area contributed by atoms with Crippen LogP contribution >= 0.6 is 0 Å². The quantitative estimate of drug-likeness (QED) is 0.811. The third-order valence-corrected chi connectivity index (χ3v) is 3.22. The van der Waals surface area contributed by atoms with Gasteiger partial charge in [0.25, 0.3) is 0 Å². The van der Waals surface area contributed by atoms with Crippen molar-refractivity contribution in [3.05, 3.63) is 17.3 Å². The van der Waals surface area contributed by atoms with E-state index in [9.17, 15) is 0 Å². The number of morpholine rings is 1. The van der Waals surface area contributed by atoms with E-state index in [-0.39, 0.29) is 12.2 Å². The number of methoxy groups -OCH3 is 1. The molecule has 1 aromatic rings. The summed E-state index contributed by atoms with van der Waals surface area (Å²) in [5, 5.41) is 8.46. The van der Waals surface area contributed by atoms with E-state index in [2.05, 4.69) is 35.0 Å². The van der Waals surface area contributed by atoms with E-state index in [0.29, 0.717) is 6.61 Å². The molecule has 1 saturated heterocycles. The van der Waals surface area contributed by atoms with Crippen LogP contribution in [-0.4, -0.2) is 49.2 Å². The molecule has 2 heterocycles. The van der Waals surface area contributed by atoms with E-state index in [0.717, 1.165) is 24.6 Å². The minimum Gasteiger partial charge on any atom is -0.382 e. The molecule has 5 nitrogen and oxygen atoms in total. The summed E-state index contributed by atoms with van der Waals surface area (Å²) in [5.74, 6) is 0.925. The summed E-state index contributed by atoms with van der Waals surface area (Å²) in [4.78, 5) is 2.22. The molecular weight excluding hydrogens is 230 g/mol. The predicted octanol–water partition coefficient (Wildman–Crippen LogP) is 1.33. The van der Waals surface area contributed by atoms with Gasteiger partial charge in [-0.25, -0.2) is 0 Å². The van der Waals surface area contributed by atoms with Crippen molar-refractivity contribution in [1.82, 2.24) is 10.2 Å². The van der Waals surface area contributed by atoms with Crippen molar-refractivity contribution in [3.8, 4) is 0 Å². The molecule has 1 aliphatic rings. The lowest BCUT2D eigenvalue weighted by atomic mass is 10.2. The molecule has 0 bridgehead atoms. The van der Waals surface area contributed by atoms with Crippen LogP contribution < -0.4 is 4.90 Å². The molecule has 0 N–H and O–H groups in total. The molecule has 18 heavy (non-hydrogen) atoms. The van der Waals surface area contributed by atoms with E-state index in [1.807, 2.05) is 6.92 Å². The summed E-state index contributed by atoms with van der Waals surface area (Å²) in [6.45, 7) is 8.36. The Morgan fingerprint density at radius 2 is 2.17 bits per heavy atom. The fraction of sp³-hybridized carbons (Fsp3) is 0.692. The van der Waals surface area contributed by atoms with Crippen molar-refractivity contribution in [1.29, 1.82) is 0 Å². The monoisotopic (exact) mass is 251 g/mol. The van der Waals surface area contributed by atoms with Crippen molar-refractivity contribution in [2.24, 2.45) is 0 Å². The largest absolute Gasteiger partial charge is 0.382 e. The third kappa shape index (κ3) is 2.97. The molecule has 1 fully saturated rings. The van der Waals surface area contributed by atoms with Gasteiger partial charge < -0.3 is 14.4 Å². The molecule has 2 unspecified atom stereocenters. The van der Waals surface area contributed by atoms with Gasteiger partial charge in [-0.15, -0.1) is 5.10 Å². The molecule has 2 rings (SSSR count). The van der Waals surface area contributed by atoms with Crippen LogP contribution in [0.25, 0.3) is 0 Å². The van der Waals surface area contributed by atoms with Gasteiger partial charge in [-0.05, 0) is 32.4 Å². The fourth-order valence-corrected chi connectivity index (χ4v) is 2.20. The Morgan fingerprint density at radius 1 is 1.39 bits per heavy atom. The number of aromatic nitrogens is 2. The number of nitrogens with zero attached hydrogens (tertiary/aromatic N) is 3. The molecule has 2 atom stereocenters. The average Bonchev–Trinajstić information content (AvgIpc) is 2.32. The van der Waals surface area contributed by atoms with Gasteiger partial charge in [0.2, 0.25) is 0 Å². The summed E-state index contributed by atoms with van der Waals surface area (Å²) < 4.78 is 11.0. The average molecular weight is 251 g/mol. The first-order chi connectivity index (χ1) is 8.60. The standard InChI is InChI=1S/C13H21N3O2/c1-9-5-13(15-14-11(9)3)16-6-10(2)18-12(7-16)8-17-4/h5,10,12H,6-8H2,1-4H3. The first kappa shape index (κ1) is 13.2. The lowest BCUT2D eigenvalue weighted by Gasteiger charge is -2.37. The smallest absolute Gasteiger partial charge is 0.151 e. The number of hydrogen-bond acceptors (Lipinski definition) is 5. The molecule has 0 radical (unpaired) electrons. The van der Waals surface area contributed by atoms with Crippen molar-refractivity contribution >= 4 is 5.82 Å². The molecule has 5 heteroatoms. The zero-order chi connectivity index (χ0) is 13.1. The summed E-state index contributed by atoms with van der Waals surface area (Å²) in [5.41, 5.74) is 2.15. The first-order valence-corrected chi connectivity index (χ1v) is 6.30. The molecule has 100 valence electrons. The normalized spacial score (nSPS) is 24.3.